The average molecular weight is 412 g/mol. The van der Waals surface area contributed by atoms with Crippen molar-refractivity contribution < 1.29 is 9.59 Å². The molecule has 1 saturated heterocycles. The van der Waals surface area contributed by atoms with E-state index in [0.29, 0.717) is 43.3 Å². The van der Waals surface area contributed by atoms with Crippen molar-refractivity contribution in [2.45, 2.75) is 6.42 Å². The van der Waals surface area contributed by atoms with Crippen LogP contribution in [-0.2, 0) is 4.79 Å². The summed E-state index contributed by atoms with van der Waals surface area (Å²) in [5, 5.41) is 0.469. The second-order valence-electron chi connectivity index (χ2n) is 7.03. The van der Waals surface area contributed by atoms with Crippen LogP contribution in [0.5, 0.6) is 0 Å². The molecule has 152 valence electrons. The average Bonchev–Trinajstić information content (AvgIpc) is 2.98. The molecule has 0 saturated carbocycles. The van der Waals surface area contributed by atoms with Gasteiger partial charge in [-0.3, -0.25) is 14.5 Å². The maximum Gasteiger partial charge on any atom is 0.255 e. The highest BCUT2D eigenvalue weighted by Gasteiger charge is 2.24. The molecule has 29 heavy (non-hydrogen) atoms. The topological polar surface area (TPSA) is 43.9 Å². The van der Waals surface area contributed by atoms with E-state index in [2.05, 4.69) is 11.5 Å². The smallest absolute Gasteiger partial charge is 0.255 e. The molecule has 2 amide bonds. The number of rotatable bonds is 6. The zero-order valence-corrected chi connectivity index (χ0v) is 17.2. The third-order valence-corrected chi connectivity index (χ3v) is 5.35. The molecule has 6 heteroatoms. The lowest BCUT2D eigenvalue weighted by molar-refractivity contribution is -0.119. The summed E-state index contributed by atoms with van der Waals surface area (Å²) in [4.78, 5) is 31.4. The number of carbonyl (C=O) groups is 2. The van der Waals surface area contributed by atoms with E-state index in [1.807, 2.05) is 47.4 Å². The van der Waals surface area contributed by atoms with Crippen molar-refractivity contribution in [1.29, 1.82) is 0 Å². The minimum Gasteiger partial charge on any atom is -0.337 e. The number of para-hydroxylation sites is 1. The molecule has 1 aliphatic heterocycles. The zero-order valence-electron chi connectivity index (χ0n) is 16.5. The van der Waals surface area contributed by atoms with Crippen molar-refractivity contribution in [3.63, 3.8) is 0 Å². The van der Waals surface area contributed by atoms with Crippen LogP contribution in [0.25, 0.3) is 0 Å². The number of hydrogen-bond donors (Lipinski definition) is 0. The van der Waals surface area contributed by atoms with Gasteiger partial charge in [0.05, 0.1) is 17.1 Å². The van der Waals surface area contributed by atoms with Crippen molar-refractivity contribution in [2.24, 2.45) is 0 Å². The Morgan fingerprint density at radius 1 is 1.00 bits per heavy atom. The van der Waals surface area contributed by atoms with E-state index >= 15 is 0 Å². The maximum absolute atomic E-state index is 12.9. The van der Waals surface area contributed by atoms with Crippen LogP contribution in [0.2, 0.25) is 5.02 Å². The van der Waals surface area contributed by atoms with E-state index in [4.69, 9.17) is 11.6 Å². The van der Waals surface area contributed by atoms with E-state index in [1.54, 1.807) is 23.1 Å². The minimum absolute atomic E-state index is 0.0296. The number of amides is 2. The van der Waals surface area contributed by atoms with Crippen LogP contribution >= 0.6 is 11.6 Å². The highest BCUT2D eigenvalue weighted by Crippen LogP contribution is 2.19. The Kier molecular flexibility index (Phi) is 7.44. The van der Waals surface area contributed by atoms with Gasteiger partial charge in [0, 0.05) is 38.4 Å². The predicted molar refractivity (Wildman–Crippen MR) is 117 cm³/mol. The molecule has 2 aromatic carbocycles. The molecule has 2 aromatic rings. The van der Waals surface area contributed by atoms with Crippen molar-refractivity contribution in [3.8, 4) is 0 Å². The van der Waals surface area contributed by atoms with Gasteiger partial charge in [0.25, 0.3) is 5.91 Å². The first-order valence-corrected chi connectivity index (χ1v) is 10.2. The normalized spacial score (nSPS) is 14.9. The first-order valence-electron chi connectivity index (χ1n) is 9.82. The van der Waals surface area contributed by atoms with Crippen LogP contribution in [0.15, 0.2) is 67.3 Å². The Labute approximate surface area is 177 Å². The van der Waals surface area contributed by atoms with Crippen LogP contribution in [0, 0.1) is 0 Å². The second kappa shape index (κ2) is 10.2. The quantitative estimate of drug-likeness (QED) is 0.680. The largest absolute Gasteiger partial charge is 0.337 e. The molecule has 0 unspecified atom stereocenters. The molecule has 1 heterocycles. The van der Waals surface area contributed by atoms with E-state index in [0.717, 1.165) is 18.7 Å². The number of halogens is 1. The van der Waals surface area contributed by atoms with Crippen molar-refractivity contribution >= 4 is 29.1 Å². The Balaban J connectivity index is 1.62. The van der Waals surface area contributed by atoms with Crippen LogP contribution in [0.1, 0.15) is 16.8 Å². The third-order valence-electron chi connectivity index (χ3n) is 5.02. The van der Waals surface area contributed by atoms with Crippen molar-refractivity contribution in [1.82, 2.24) is 9.80 Å². The summed E-state index contributed by atoms with van der Waals surface area (Å²) in [6.07, 6.45) is 2.55. The third kappa shape index (κ3) is 5.46. The highest BCUT2D eigenvalue weighted by molar-refractivity contribution is 6.33. The summed E-state index contributed by atoms with van der Waals surface area (Å²) < 4.78 is 0. The lowest BCUT2D eigenvalue weighted by atomic mass is 10.2. The molecule has 0 spiro atoms. The molecule has 0 atom stereocenters. The maximum atomic E-state index is 12.9. The lowest BCUT2D eigenvalue weighted by Gasteiger charge is -2.26. The minimum atomic E-state index is -0.0543. The van der Waals surface area contributed by atoms with Gasteiger partial charge in [-0.25, -0.2) is 0 Å². The predicted octanol–water partition coefficient (Wildman–Crippen LogP) is 3.71. The number of anilines is 1. The van der Waals surface area contributed by atoms with Crippen molar-refractivity contribution in [3.05, 3.63) is 77.8 Å². The van der Waals surface area contributed by atoms with Gasteiger partial charge in [-0.2, -0.15) is 0 Å². The summed E-state index contributed by atoms with van der Waals surface area (Å²) in [5.41, 5.74) is 1.39. The number of nitrogens with zero attached hydrogens (tertiary/aromatic N) is 3. The second-order valence-corrected chi connectivity index (χ2v) is 7.44. The molecule has 0 aromatic heterocycles. The number of carbonyl (C=O) groups excluding carboxylic acids is 2. The standard InChI is InChI=1S/C23H26ClN3O2/c1-2-13-27(19-9-4-3-5-10-19)22(28)18-25-14-8-15-26(17-16-25)23(29)20-11-6-7-12-21(20)24/h2-7,9-12H,1,8,13-18H2. The van der Waals surface area contributed by atoms with Gasteiger partial charge in [0.2, 0.25) is 5.91 Å². The van der Waals surface area contributed by atoms with Gasteiger partial charge in [0.1, 0.15) is 0 Å². The monoisotopic (exact) mass is 411 g/mol. The Morgan fingerprint density at radius 2 is 1.72 bits per heavy atom. The van der Waals surface area contributed by atoms with E-state index in [-0.39, 0.29) is 11.8 Å². The first-order chi connectivity index (χ1) is 14.1. The molecule has 1 aliphatic rings. The number of benzene rings is 2. The van der Waals surface area contributed by atoms with Gasteiger partial charge < -0.3 is 9.80 Å². The van der Waals surface area contributed by atoms with E-state index < -0.39 is 0 Å². The molecule has 3 rings (SSSR count). The van der Waals surface area contributed by atoms with Gasteiger partial charge in [0.15, 0.2) is 0 Å². The van der Waals surface area contributed by atoms with Crippen molar-refractivity contribution in [2.75, 3.05) is 44.2 Å². The lowest BCUT2D eigenvalue weighted by Crippen LogP contribution is -2.42. The fraction of sp³-hybridized carbons (Fsp3) is 0.304. The molecule has 0 bridgehead atoms. The van der Waals surface area contributed by atoms with Gasteiger partial charge in [-0.05, 0) is 30.7 Å². The zero-order chi connectivity index (χ0) is 20.6. The molecule has 0 N–H and O–H groups in total. The SMILES string of the molecule is C=CCN(C(=O)CN1CCCN(C(=O)c2ccccc2Cl)CC1)c1ccccc1. The van der Waals surface area contributed by atoms with Gasteiger partial charge in [-0.15, -0.1) is 6.58 Å². The Bertz CT molecular complexity index is 856. The fourth-order valence-electron chi connectivity index (χ4n) is 3.50. The van der Waals surface area contributed by atoms with E-state index in [9.17, 15) is 9.59 Å². The van der Waals surface area contributed by atoms with Crippen LogP contribution in [0.4, 0.5) is 5.69 Å². The first kappa shape index (κ1) is 21.1. The van der Waals surface area contributed by atoms with Gasteiger partial charge >= 0.3 is 0 Å². The van der Waals surface area contributed by atoms with Crippen LogP contribution < -0.4 is 4.90 Å². The molecule has 5 nitrogen and oxygen atoms in total. The van der Waals surface area contributed by atoms with E-state index in [1.165, 1.54) is 0 Å². The van der Waals surface area contributed by atoms with Crippen LogP contribution in [-0.4, -0.2) is 60.9 Å². The summed E-state index contributed by atoms with van der Waals surface area (Å²) in [5.74, 6) is -0.0247. The summed E-state index contributed by atoms with van der Waals surface area (Å²) in [6, 6.07) is 16.7. The highest BCUT2D eigenvalue weighted by atomic mass is 35.5. The van der Waals surface area contributed by atoms with Crippen LogP contribution in [0.3, 0.4) is 0 Å². The molecular formula is C23H26ClN3O2. The Hall–Kier alpha value is -2.63. The molecule has 1 fully saturated rings. The summed E-state index contributed by atoms with van der Waals surface area (Å²) >= 11 is 6.18. The fourth-order valence-corrected chi connectivity index (χ4v) is 3.72. The summed E-state index contributed by atoms with van der Waals surface area (Å²) in [7, 11) is 0. The Morgan fingerprint density at radius 3 is 2.45 bits per heavy atom. The molecule has 0 radical (unpaired) electrons. The summed E-state index contributed by atoms with van der Waals surface area (Å²) in [6.45, 7) is 7.21. The molecule has 0 aliphatic carbocycles. The van der Waals surface area contributed by atoms with Gasteiger partial charge in [-0.1, -0.05) is 48.0 Å². The molecular weight excluding hydrogens is 386 g/mol. The number of hydrogen-bond acceptors (Lipinski definition) is 3.